The van der Waals surface area contributed by atoms with Crippen LogP contribution < -0.4 is 5.32 Å². The van der Waals surface area contributed by atoms with Crippen molar-refractivity contribution in [2.24, 2.45) is 11.8 Å². The van der Waals surface area contributed by atoms with Crippen LogP contribution in [0, 0.1) is 18.8 Å². The van der Waals surface area contributed by atoms with E-state index in [0.29, 0.717) is 16.6 Å². The lowest BCUT2D eigenvalue weighted by atomic mass is 10.2. The van der Waals surface area contributed by atoms with Crippen molar-refractivity contribution in [2.75, 3.05) is 11.9 Å². The molecule has 1 aromatic rings. The number of rotatable bonds is 4. The molecule has 1 aliphatic rings. The molecule has 102 valence electrons. The van der Waals surface area contributed by atoms with Crippen molar-refractivity contribution in [3.8, 4) is 0 Å². The number of esters is 1. The molecule has 0 aromatic heterocycles. The number of carbonyl (C=O) groups excluding carboxylic acids is 2. The van der Waals surface area contributed by atoms with E-state index in [1.165, 1.54) is 0 Å². The van der Waals surface area contributed by atoms with Crippen LogP contribution in [0.4, 0.5) is 5.69 Å². The Labute approximate surface area is 117 Å². The number of hydrogen-bond acceptors (Lipinski definition) is 3. The zero-order valence-corrected chi connectivity index (χ0v) is 11.7. The summed E-state index contributed by atoms with van der Waals surface area (Å²) in [4.78, 5) is 23.1. The molecule has 2 atom stereocenters. The Morgan fingerprint density at radius 3 is 2.79 bits per heavy atom. The van der Waals surface area contributed by atoms with Gasteiger partial charge in [0.2, 0.25) is 0 Å². The average Bonchev–Trinajstić information content (AvgIpc) is 3.09. The van der Waals surface area contributed by atoms with Gasteiger partial charge in [-0.3, -0.25) is 9.59 Å². The van der Waals surface area contributed by atoms with Gasteiger partial charge in [0.15, 0.2) is 6.61 Å². The molecule has 1 N–H and O–H groups in total. The molecule has 1 aliphatic carbocycles. The van der Waals surface area contributed by atoms with E-state index >= 15 is 0 Å². The summed E-state index contributed by atoms with van der Waals surface area (Å²) in [5, 5.41) is 3.26. The van der Waals surface area contributed by atoms with E-state index in [9.17, 15) is 9.59 Å². The Morgan fingerprint density at radius 1 is 1.47 bits per heavy atom. The van der Waals surface area contributed by atoms with Gasteiger partial charge in [0, 0.05) is 10.7 Å². The normalized spacial score (nSPS) is 20.8. The summed E-state index contributed by atoms with van der Waals surface area (Å²) in [5.41, 5.74) is 1.42. The molecular formula is C14H16ClNO3. The quantitative estimate of drug-likeness (QED) is 0.864. The van der Waals surface area contributed by atoms with Crippen LogP contribution in [-0.4, -0.2) is 18.5 Å². The molecule has 1 fully saturated rings. The number of nitrogens with one attached hydrogen (secondary N) is 1. The predicted molar refractivity (Wildman–Crippen MR) is 73.0 cm³/mol. The minimum absolute atomic E-state index is 0.0271. The minimum atomic E-state index is -0.355. The highest BCUT2D eigenvalue weighted by atomic mass is 35.5. The Bertz CT molecular complexity index is 515. The molecular weight excluding hydrogens is 266 g/mol. The summed E-state index contributed by atoms with van der Waals surface area (Å²) in [5.74, 6) is -0.288. The average molecular weight is 282 g/mol. The van der Waals surface area contributed by atoms with Gasteiger partial charge in [-0.2, -0.15) is 0 Å². The first-order valence-electron chi connectivity index (χ1n) is 6.20. The molecule has 1 aromatic carbocycles. The maximum absolute atomic E-state index is 11.7. The van der Waals surface area contributed by atoms with Gasteiger partial charge in [-0.05, 0) is 37.0 Å². The van der Waals surface area contributed by atoms with Gasteiger partial charge in [-0.25, -0.2) is 0 Å². The largest absolute Gasteiger partial charge is 0.455 e. The molecule has 19 heavy (non-hydrogen) atoms. The monoisotopic (exact) mass is 281 g/mol. The Hall–Kier alpha value is -1.55. The van der Waals surface area contributed by atoms with Gasteiger partial charge in [-0.1, -0.05) is 24.6 Å². The third-order valence-electron chi connectivity index (χ3n) is 3.30. The molecule has 0 radical (unpaired) electrons. The fraction of sp³-hybridized carbons (Fsp3) is 0.429. The smallest absolute Gasteiger partial charge is 0.309 e. The van der Waals surface area contributed by atoms with Crippen LogP contribution in [0.15, 0.2) is 18.2 Å². The minimum Gasteiger partial charge on any atom is -0.455 e. The molecule has 0 bridgehead atoms. The molecule has 0 unspecified atom stereocenters. The lowest BCUT2D eigenvalue weighted by molar-refractivity contribution is -0.148. The maximum Gasteiger partial charge on any atom is 0.309 e. The fourth-order valence-electron chi connectivity index (χ4n) is 1.82. The summed E-state index contributed by atoms with van der Waals surface area (Å²) in [6.07, 6.45) is 0.855. The number of amides is 1. The van der Waals surface area contributed by atoms with Crippen LogP contribution >= 0.6 is 11.6 Å². The second kappa shape index (κ2) is 5.61. The number of ether oxygens (including phenoxy) is 1. The third kappa shape index (κ3) is 3.47. The van der Waals surface area contributed by atoms with Gasteiger partial charge in [0.1, 0.15) is 0 Å². The molecule has 1 saturated carbocycles. The lowest BCUT2D eigenvalue weighted by Gasteiger charge is -2.09. The highest BCUT2D eigenvalue weighted by molar-refractivity contribution is 6.31. The molecule has 2 rings (SSSR count). The van der Waals surface area contributed by atoms with Gasteiger partial charge in [0.05, 0.1) is 5.92 Å². The van der Waals surface area contributed by atoms with Crippen LogP contribution in [0.25, 0.3) is 0 Å². The summed E-state index contributed by atoms with van der Waals surface area (Å²) >= 11 is 5.95. The maximum atomic E-state index is 11.7. The predicted octanol–water partition coefficient (Wildman–Crippen LogP) is 2.79. The van der Waals surface area contributed by atoms with Crippen molar-refractivity contribution in [3.63, 3.8) is 0 Å². The van der Waals surface area contributed by atoms with E-state index in [4.69, 9.17) is 16.3 Å². The van der Waals surface area contributed by atoms with E-state index in [-0.39, 0.29) is 24.4 Å². The number of hydrogen-bond donors (Lipinski definition) is 1. The van der Waals surface area contributed by atoms with E-state index < -0.39 is 0 Å². The third-order valence-corrected chi connectivity index (χ3v) is 3.71. The van der Waals surface area contributed by atoms with Gasteiger partial charge >= 0.3 is 5.97 Å². The number of anilines is 1. The molecule has 1 amide bonds. The summed E-state index contributed by atoms with van der Waals surface area (Å²) < 4.78 is 4.96. The molecule has 0 spiro atoms. The van der Waals surface area contributed by atoms with E-state index in [1.54, 1.807) is 18.2 Å². The summed E-state index contributed by atoms with van der Waals surface area (Å²) in [7, 11) is 0. The molecule has 4 nitrogen and oxygen atoms in total. The number of halogens is 1. The number of benzene rings is 1. The zero-order valence-electron chi connectivity index (χ0n) is 10.9. The molecule has 0 heterocycles. The van der Waals surface area contributed by atoms with Crippen LogP contribution in [-0.2, 0) is 14.3 Å². The van der Waals surface area contributed by atoms with E-state index in [2.05, 4.69) is 5.32 Å². The van der Waals surface area contributed by atoms with Crippen molar-refractivity contribution < 1.29 is 14.3 Å². The molecule has 5 heteroatoms. The topological polar surface area (TPSA) is 55.4 Å². The number of carbonyl (C=O) groups is 2. The second-order valence-electron chi connectivity index (χ2n) is 4.89. The van der Waals surface area contributed by atoms with Gasteiger partial charge in [0.25, 0.3) is 5.91 Å². The Balaban J connectivity index is 1.84. The Morgan fingerprint density at radius 2 is 2.16 bits per heavy atom. The molecule has 0 saturated heterocycles. The van der Waals surface area contributed by atoms with Gasteiger partial charge in [-0.15, -0.1) is 0 Å². The van der Waals surface area contributed by atoms with Crippen molar-refractivity contribution in [3.05, 3.63) is 28.8 Å². The first kappa shape index (κ1) is 13.9. The van der Waals surface area contributed by atoms with Crippen molar-refractivity contribution in [2.45, 2.75) is 20.3 Å². The fourth-order valence-corrected chi connectivity index (χ4v) is 2.00. The Kier molecular flexibility index (Phi) is 4.10. The van der Waals surface area contributed by atoms with Crippen molar-refractivity contribution in [1.82, 2.24) is 0 Å². The van der Waals surface area contributed by atoms with Crippen molar-refractivity contribution in [1.29, 1.82) is 0 Å². The highest BCUT2D eigenvalue weighted by Gasteiger charge is 2.40. The van der Waals surface area contributed by atoms with E-state index in [1.807, 2.05) is 13.8 Å². The SMILES string of the molecule is Cc1c(Cl)cccc1NC(=O)COC(=O)[C@@H]1C[C@H]1C. The zero-order chi connectivity index (χ0) is 14.0. The van der Waals surface area contributed by atoms with Crippen molar-refractivity contribution >= 4 is 29.2 Å². The van der Waals surface area contributed by atoms with Crippen LogP contribution in [0.5, 0.6) is 0 Å². The summed E-state index contributed by atoms with van der Waals surface area (Å²) in [6, 6.07) is 5.26. The second-order valence-corrected chi connectivity index (χ2v) is 5.29. The van der Waals surface area contributed by atoms with Crippen LogP contribution in [0.2, 0.25) is 5.02 Å². The summed E-state index contributed by atoms with van der Waals surface area (Å²) in [6.45, 7) is 3.55. The van der Waals surface area contributed by atoms with Crippen LogP contribution in [0.1, 0.15) is 18.9 Å². The first-order valence-corrected chi connectivity index (χ1v) is 6.58. The van der Waals surface area contributed by atoms with E-state index in [0.717, 1.165) is 12.0 Å². The van der Waals surface area contributed by atoms with Gasteiger partial charge < -0.3 is 10.1 Å². The lowest BCUT2D eigenvalue weighted by Crippen LogP contribution is -2.22. The highest BCUT2D eigenvalue weighted by Crippen LogP contribution is 2.38. The molecule has 0 aliphatic heterocycles. The standard InChI is InChI=1S/C14H16ClNO3/c1-8-6-10(8)14(18)19-7-13(17)16-12-5-3-4-11(15)9(12)2/h3-5,8,10H,6-7H2,1-2H3,(H,16,17)/t8-,10-/m1/s1. The first-order chi connectivity index (χ1) is 8.99. The van der Waals surface area contributed by atoms with Crippen LogP contribution in [0.3, 0.4) is 0 Å².